The van der Waals surface area contributed by atoms with Crippen molar-refractivity contribution in [1.82, 2.24) is 4.98 Å². The van der Waals surface area contributed by atoms with Crippen LogP contribution in [0.4, 0.5) is 5.82 Å². The number of hydrogen-bond acceptors (Lipinski definition) is 3. The molecule has 0 aliphatic rings. The van der Waals surface area contributed by atoms with E-state index < -0.39 is 0 Å². The molecule has 2 rings (SSSR count). The van der Waals surface area contributed by atoms with Crippen molar-refractivity contribution < 1.29 is 0 Å². The molecule has 2 aromatic rings. The number of benzene rings is 1. The van der Waals surface area contributed by atoms with E-state index in [2.05, 4.69) is 4.98 Å². The first-order valence-electron chi connectivity index (χ1n) is 4.78. The number of nitrogens with zero attached hydrogens (tertiary/aromatic N) is 2. The lowest BCUT2D eigenvalue weighted by Gasteiger charge is -2.15. The van der Waals surface area contributed by atoms with E-state index in [4.69, 9.17) is 5.84 Å². The van der Waals surface area contributed by atoms with Crippen LogP contribution in [0.2, 0.25) is 0 Å². The first-order chi connectivity index (χ1) is 7.29. The zero-order chi connectivity index (χ0) is 10.7. The van der Waals surface area contributed by atoms with Gasteiger partial charge in [0.05, 0.1) is 0 Å². The highest BCUT2D eigenvalue weighted by Gasteiger charge is 2.06. The van der Waals surface area contributed by atoms with Gasteiger partial charge in [0.25, 0.3) is 0 Å². The summed E-state index contributed by atoms with van der Waals surface area (Å²) in [5.74, 6) is 6.50. The van der Waals surface area contributed by atoms with Gasteiger partial charge >= 0.3 is 0 Å². The van der Waals surface area contributed by atoms with E-state index in [0.717, 1.165) is 16.9 Å². The maximum atomic E-state index is 5.72. The lowest BCUT2D eigenvalue weighted by Crippen LogP contribution is -2.26. The predicted octanol–water partition coefficient (Wildman–Crippen LogP) is 2.06. The van der Waals surface area contributed by atoms with Gasteiger partial charge in [0.2, 0.25) is 0 Å². The molecule has 1 heterocycles. The fraction of sp³-hybridized carbons (Fsp3) is 0.0833. The molecule has 0 saturated carbocycles. The van der Waals surface area contributed by atoms with Crippen LogP contribution in [0.3, 0.4) is 0 Å². The second-order valence-corrected chi connectivity index (χ2v) is 3.35. The van der Waals surface area contributed by atoms with Crippen LogP contribution in [0.25, 0.3) is 11.1 Å². The molecule has 0 amide bonds. The number of hydrogen-bond donors (Lipinski definition) is 1. The van der Waals surface area contributed by atoms with E-state index in [-0.39, 0.29) is 0 Å². The summed E-state index contributed by atoms with van der Waals surface area (Å²) in [4.78, 5) is 4.26. The van der Waals surface area contributed by atoms with E-state index >= 15 is 0 Å². The average Bonchev–Trinajstić information content (AvgIpc) is 2.30. The summed E-state index contributed by atoms with van der Waals surface area (Å²) in [6, 6.07) is 14.0. The van der Waals surface area contributed by atoms with Crippen LogP contribution in [0.5, 0.6) is 0 Å². The minimum absolute atomic E-state index is 0.781. The summed E-state index contributed by atoms with van der Waals surface area (Å²) < 4.78 is 0. The van der Waals surface area contributed by atoms with Crippen LogP contribution in [0.15, 0.2) is 48.7 Å². The first kappa shape index (κ1) is 9.68. The third-order valence-corrected chi connectivity index (χ3v) is 2.21. The van der Waals surface area contributed by atoms with Gasteiger partial charge in [0.1, 0.15) is 5.82 Å². The Hall–Kier alpha value is -1.87. The van der Waals surface area contributed by atoms with Gasteiger partial charge in [0.15, 0.2) is 0 Å². The molecule has 2 N–H and O–H groups in total. The molecule has 3 nitrogen and oxygen atoms in total. The molecule has 1 aromatic carbocycles. The molecule has 0 radical (unpaired) electrons. The highest BCUT2D eigenvalue weighted by atomic mass is 15.4. The maximum Gasteiger partial charge on any atom is 0.150 e. The Morgan fingerprint density at radius 2 is 1.80 bits per heavy atom. The maximum absolute atomic E-state index is 5.72. The van der Waals surface area contributed by atoms with Gasteiger partial charge in [-0.3, -0.25) is 5.01 Å². The highest BCUT2D eigenvalue weighted by molar-refractivity contribution is 5.75. The van der Waals surface area contributed by atoms with Crippen molar-refractivity contribution in [2.24, 2.45) is 5.84 Å². The van der Waals surface area contributed by atoms with Crippen LogP contribution in [-0.4, -0.2) is 12.0 Å². The van der Waals surface area contributed by atoms with Crippen molar-refractivity contribution in [3.8, 4) is 11.1 Å². The third-order valence-electron chi connectivity index (χ3n) is 2.21. The van der Waals surface area contributed by atoms with Crippen molar-refractivity contribution in [1.29, 1.82) is 0 Å². The molecule has 3 heteroatoms. The summed E-state index contributed by atoms with van der Waals surface area (Å²) in [7, 11) is 1.79. The number of aromatic nitrogens is 1. The molecule has 1 aromatic heterocycles. The highest BCUT2D eigenvalue weighted by Crippen LogP contribution is 2.26. The standard InChI is InChI=1S/C12H13N3/c1-15(13)12-11(8-5-9-14-12)10-6-3-2-4-7-10/h2-9H,13H2,1H3. The lowest BCUT2D eigenvalue weighted by molar-refractivity contribution is 0.979. The van der Waals surface area contributed by atoms with Crippen molar-refractivity contribution in [3.63, 3.8) is 0 Å². The Labute approximate surface area is 89.1 Å². The number of rotatable bonds is 2. The SMILES string of the molecule is CN(N)c1ncccc1-c1ccccc1. The largest absolute Gasteiger partial charge is 0.297 e. The van der Waals surface area contributed by atoms with Gasteiger partial charge in [-0.05, 0) is 17.7 Å². The summed E-state index contributed by atoms with van der Waals surface area (Å²) in [5, 5.41) is 1.53. The predicted molar refractivity (Wildman–Crippen MR) is 62.3 cm³/mol. The summed E-state index contributed by atoms with van der Waals surface area (Å²) >= 11 is 0. The number of anilines is 1. The lowest BCUT2D eigenvalue weighted by atomic mass is 10.1. The Kier molecular flexibility index (Phi) is 2.65. The van der Waals surface area contributed by atoms with Crippen molar-refractivity contribution in [2.75, 3.05) is 12.1 Å². The summed E-state index contributed by atoms with van der Waals surface area (Å²) in [6.07, 6.45) is 1.74. The topological polar surface area (TPSA) is 42.1 Å². The minimum atomic E-state index is 0.781. The fourth-order valence-corrected chi connectivity index (χ4v) is 1.52. The molecule has 0 fully saturated rings. The summed E-state index contributed by atoms with van der Waals surface area (Å²) in [5.41, 5.74) is 2.17. The van der Waals surface area contributed by atoms with Crippen LogP contribution < -0.4 is 10.9 Å². The first-order valence-corrected chi connectivity index (χ1v) is 4.78. The van der Waals surface area contributed by atoms with Crippen molar-refractivity contribution in [2.45, 2.75) is 0 Å². The molecule has 0 atom stereocenters. The molecule has 0 spiro atoms. The molecule has 0 saturated heterocycles. The smallest absolute Gasteiger partial charge is 0.150 e. The van der Waals surface area contributed by atoms with Crippen LogP contribution in [-0.2, 0) is 0 Å². The van der Waals surface area contributed by atoms with Crippen LogP contribution >= 0.6 is 0 Å². The van der Waals surface area contributed by atoms with Crippen LogP contribution in [0.1, 0.15) is 0 Å². The molecule has 0 unspecified atom stereocenters. The van der Waals surface area contributed by atoms with Gasteiger partial charge in [-0.2, -0.15) is 0 Å². The van der Waals surface area contributed by atoms with Gasteiger partial charge in [0, 0.05) is 18.8 Å². The van der Waals surface area contributed by atoms with Gasteiger partial charge in [-0.25, -0.2) is 10.8 Å². The minimum Gasteiger partial charge on any atom is -0.297 e. The molecule has 15 heavy (non-hydrogen) atoms. The summed E-state index contributed by atoms with van der Waals surface area (Å²) in [6.45, 7) is 0. The Bertz CT molecular complexity index is 438. The van der Waals surface area contributed by atoms with Gasteiger partial charge in [-0.15, -0.1) is 0 Å². The van der Waals surface area contributed by atoms with Gasteiger partial charge in [-0.1, -0.05) is 30.3 Å². The quantitative estimate of drug-likeness (QED) is 0.594. The Balaban J connectivity index is 2.53. The molecule has 76 valence electrons. The van der Waals surface area contributed by atoms with E-state index in [0.29, 0.717) is 0 Å². The van der Waals surface area contributed by atoms with E-state index in [9.17, 15) is 0 Å². The zero-order valence-corrected chi connectivity index (χ0v) is 8.59. The van der Waals surface area contributed by atoms with E-state index in [1.807, 2.05) is 42.5 Å². The van der Waals surface area contributed by atoms with Crippen molar-refractivity contribution >= 4 is 5.82 Å². The number of hydrazine groups is 1. The van der Waals surface area contributed by atoms with E-state index in [1.165, 1.54) is 5.01 Å². The molecular formula is C12H13N3. The van der Waals surface area contributed by atoms with Crippen LogP contribution in [0, 0.1) is 0 Å². The fourth-order valence-electron chi connectivity index (χ4n) is 1.52. The second kappa shape index (κ2) is 4.11. The Morgan fingerprint density at radius 1 is 1.07 bits per heavy atom. The number of pyridine rings is 1. The molecular weight excluding hydrogens is 186 g/mol. The average molecular weight is 199 g/mol. The monoisotopic (exact) mass is 199 g/mol. The normalized spacial score (nSPS) is 10.0. The molecule has 0 aliphatic heterocycles. The second-order valence-electron chi connectivity index (χ2n) is 3.35. The van der Waals surface area contributed by atoms with Gasteiger partial charge < -0.3 is 0 Å². The van der Waals surface area contributed by atoms with E-state index in [1.54, 1.807) is 13.2 Å². The Morgan fingerprint density at radius 3 is 2.47 bits per heavy atom. The zero-order valence-electron chi connectivity index (χ0n) is 8.59. The molecule has 0 aliphatic carbocycles. The third kappa shape index (κ3) is 1.97. The number of nitrogens with two attached hydrogens (primary N) is 1. The molecule has 0 bridgehead atoms. The van der Waals surface area contributed by atoms with Crippen molar-refractivity contribution in [3.05, 3.63) is 48.7 Å².